The van der Waals surface area contributed by atoms with Crippen molar-refractivity contribution in [2.45, 2.75) is 6.61 Å². The predicted octanol–water partition coefficient (Wildman–Crippen LogP) is 4.44. The summed E-state index contributed by atoms with van der Waals surface area (Å²) in [6, 6.07) is 14.1. The van der Waals surface area contributed by atoms with Crippen LogP contribution in [0.1, 0.15) is 5.69 Å². The molecular weight excluding hydrogens is 370 g/mol. The van der Waals surface area contributed by atoms with Crippen molar-refractivity contribution in [1.29, 1.82) is 0 Å². The van der Waals surface area contributed by atoms with Crippen molar-refractivity contribution in [3.8, 4) is 28.3 Å². The van der Waals surface area contributed by atoms with Crippen LogP contribution in [0.15, 0.2) is 72.6 Å². The van der Waals surface area contributed by atoms with Crippen LogP contribution in [0.2, 0.25) is 0 Å². The second kappa shape index (κ2) is 6.94. The zero-order valence-electron chi connectivity index (χ0n) is 15.2. The molecule has 4 aromatic heterocycles. The average molecular weight is 387 g/mol. The van der Waals surface area contributed by atoms with E-state index in [-0.39, 0.29) is 0 Å². The van der Waals surface area contributed by atoms with Gasteiger partial charge in [0.05, 0.1) is 5.69 Å². The van der Waals surface area contributed by atoms with Gasteiger partial charge in [0, 0.05) is 54.4 Å². The summed E-state index contributed by atoms with van der Waals surface area (Å²) < 4.78 is 9.61. The Balaban J connectivity index is 1.36. The molecule has 0 saturated carbocycles. The molecule has 5 aromatic rings. The number of nitrogens with zero attached hydrogens (tertiary/aromatic N) is 5. The van der Waals surface area contributed by atoms with Gasteiger partial charge in [0.25, 0.3) is 0 Å². The van der Waals surface area contributed by atoms with Gasteiger partial charge >= 0.3 is 0 Å². The molecule has 0 spiro atoms. The molecule has 0 aliphatic heterocycles. The molecule has 0 aliphatic carbocycles. The van der Waals surface area contributed by atoms with Crippen LogP contribution in [0.3, 0.4) is 0 Å². The quantitative estimate of drug-likeness (QED) is 0.447. The van der Waals surface area contributed by atoms with Gasteiger partial charge in [-0.05, 0) is 11.6 Å². The molecule has 0 saturated heterocycles. The lowest BCUT2D eigenvalue weighted by atomic mass is 10.0. The molecule has 0 aliphatic rings. The summed E-state index contributed by atoms with van der Waals surface area (Å²) in [4.78, 5) is 9.93. The Labute approximate surface area is 165 Å². The minimum atomic E-state index is 0.388. The van der Waals surface area contributed by atoms with Crippen LogP contribution in [-0.4, -0.2) is 24.1 Å². The number of imidazole rings is 1. The Morgan fingerprint density at radius 1 is 1.04 bits per heavy atom. The lowest BCUT2D eigenvalue weighted by Gasteiger charge is -2.05. The number of rotatable bonds is 5. The number of thiazole rings is 1. The molecule has 0 bridgehead atoms. The fourth-order valence-corrected chi connectivity index (χ4v) is 3.85. The van der Waals surface area contributed by atoms with Crippen molar-refractivity contribution < 1.29 is 4.74 Å². The highest BCUT2D eigenvalue weighted by atomic mass is 32.1. The maximum absolute atomic E-state index is 5.79. The third kappa shape index (κ3) is 3.16. The van der Waals surface area contributed by atoms with E-state index in [1.807, 2.05) is 70.4 Å². The molecule has 0 amide bonds. The Bertz CT molecular complexity index is 1190. The highest BCUT2D eigenvalue weighted by Crippen LogP contribution is 2.30. The number of hydrogen-bond acceptors (Lipinski definition) is 5. The van der Waals surface area contributed by atoms with E-state index >= 15 is 0 Å². The minimum absolute atomic E-state index is 0.388. The maximum atomic E-state index is 5.79. The molecular formula is C21H17N5OS. The molecule has 28 heavy (non-hydrogen) atoms. The molecule has 0 unspecified atom stereocenters. The zero-order valence-corrected chi connectivity index (χ0v) is 16.0. The first-order valence-corrected chi connectivity index (χ1v) is 9.73. The average Bonchev–Trinajstić information content (AvgIpc) is 3.42. The highest BCUT2D eigenvalue weighted by Gasteiger charge is 2.13. The van der Waals surface area contributed by atoms with Gasteiger partial charge < -0.3 is 4.74 Å². The van der Waals surface area contributed by atoms with Crippen LogP contribution in [0.4, 0.5) is 0 Å². The summed E-state index contributed by atoms with van der Waals surface area (Å²) in [5.74, 6) is 0.567. The summed E-state index contributed by atoms with van der Waals surface area (Å²) >= 11 is 1.60. The van der Waals surface area contributed by atoms with Crippen LogP contribution in [0.25, 0.3) is 27.3 Å². The molecule has 138 valence electrons. The molecule has 1 aromatic carbocycles. The number of pyridine rings is 1. The lowest BCUT2D eigenvalue weighted by molar-refractivity contribution is 0.290. The number of aryl methyl sites for hydroxylation is 1. The van der Waals surface area contributed by atoms with Gasteiger partial charge in [-0.25, -0.2) is 9.97 Å². The van der Waals surface area contributed by atoms with Crippen molar-refractivity contribution in [1.82, 2.24) is 24.1 Å². The van der Waals surface area contributed by atoms with Gasteiger partial charge in [-0.15, -0.1) is 11.3 Å². The third-order valence-corrected chi connectivity index (χ3v) is 5.21. The molecule has 0 fully saturated rings. The van der Waals surface area contributed by atoms with E-state index in [0.717, 1.165) is 33.0 Å². The normalized spacial score (nSPS) is 11.2. The first-order valence-electron chi connectivity index (χ1n) is 8.85. The predicted molar refractivity (Wildman–Crippen MR) is 109 cm³/mol. The van der Waals surface area contributed by atoms with Gasteiger partial charge in [-0.2, -0.15) is 5.10 Å². The van der Waals surface area contributed by atoms with Crippen molar-refractivity contribution >= 4 is 16.3 Å². The van der Waals surface area contributed by atoms with Gasteiger partial charge in [0.15, 0.2) is 4.96 Å². The van der Waals surface area contributed by atoms with E-state index < -0.39 is 0 Å². The van der Waals surface area contributed by atoms with Crippen molar-refractivity contribution in [3.05, 3.63) is 78.3 Å². The summed E-state index contributed by atoms with van der Waals surface area (Å²) in [6.07, 6.45) is 7.79. The number of benzene rings is 1. The number of hydrogen-bond donors (Lipinski definition) is 0. The number of aromatic nitrogens is 5. The molecule has 4 heterocycles. The Morgan fingerprint density at radius 2 is 1.93 bits per heavy atom. The van der Waals surface area contributed by atoms with Crippen LogP contribution >= 0.6 is 11.3 Å². The first-order chi connectivity index (χ1) is 13.8. The smallest absolute Gasteiger partial charge is 0.213 e. The van der Waals surface area contributed by atoms with Gasteiger partial charge in [0.2, 0.25) is 5.88 Å². The number of ether oxygens (including phenoxy) is 1. The van der Waals surface area contributed by atoms with Gasteiger partial charge in [-0.3, -0.25) is 9.08 Å². The molecule has 0 N–H and O–H groups in total. The van der Waals surface area contributed by atoms with Crippen LogP contribution < -0.4 is 4.74 Å². The lowest BCUT2D eigenvalue weighted by Crippen LogP contribution is -1.97. The Morgan fingerprint density at radius 3 is 2.71 bits per heavy atom. The summed E-state index contributed by atoms with van der Waals surface area (Å²) in [5, 5.41) is 6.63. The van der Waals surface area contributed by atoms with Crippen LogP contribution in [0, 0.1) is 0 Å². The van der Waals surface area contributed by atoms with Crippen LogP contribution in [-0.2, 0) is 13.7 Å². The summed E-state index contributed by atoms with van der Waals surface area (Å²) in [7, 11) is 1.93. The van der Waals surface area contributed by atoms with Crippen molar-refractivity contribution in [2.24, 2.45) is 7.05 Å². The fourth-order valence-electron chi connectivity index (χ4n) is 3.13. The monoisotopic (exact) mass is 387 g/mol. The standard InChI is InChI=1S/C21H17N5OS/c1-25-13-18(15-5-3-2-4-6-15)20(24-25)16-7-8-19(22-11-16)27-14-17-12-26-9-10-28-21(26)23-17/h2-13H,14H2,1H3. The van der Waals surface area contributed by atoms with E-state index in [9.17, 15) is 0 Å². The Kier molecular flexibility index (Phi) is 4.14. The van der Waals surface area contributed by atoms with Gasteiger partial charge in [0.1, 0.15) is 12.3 Å². The molecule has 0 atom stereocenters. The highest BCUT2D eigenvalue weighted by molar-refractivity contribution is 7.15. The second-order valence-electron chi connectivity index (χ2n) is 6.43. The van der Waals surface area contributed by atoms with E-state index in [4.69, 9.17) is 4.74 Å². The minimum Gasteiger partial charge on any atom is -0.471 e. The molecule has 7 heteroatoms. The van der Waals surface area contributed by atoms with E-state index in [1.54, 1.807) is 17.5 Å². The Hall–Kier alpha value is -3.45. The van der Waals surface area contributed by atoms with E-state index in [1.165, 1.54) is 0 Å². The number of fused-ring (bicyclic) bond motifs is 1. The molecule has 6 nitrogen and oxygen atoms in total. The SMILES string of the molecule is Cn1cc(-c2ccccc2)c(-c2ccc(OCc3cn4ccsc4n3)nc2)n1. The topological polar surface area (TPSA) is 57.2 Å². The van der Waals surface area contributed by atoms with Gasteiger partial charge in [-0.1, -0.05) is 30.3 Å². The van der Waals surface area contributed by atoms with Crippen molar-refractivity contribution in [3.63, 3.8) is 0 Å². The molecule has 0 radical (unpaired) electrons. The second-order valence-corrected chi connectivity index (χ2v) is 7.30. The van der Waals surface area contributed by atoms with E-state index in [2.05, 4.69) is 27.2 Å². The summed E-state index contributed by atoms with van der Waals surface area (Å²) in [6.45, 7) is 0.388. The zero-order chi connectivity index (χ0) is 18.9. The summed E-state index contributed by atoms with van der Waals surface area (Å²) in [5.41, 5.74) is 4.95. The maximum Gasteiger partial charge on any atom is 0.213 e. The third-order valence-electron chi connectivity index (χ3n) is 4.43. The first kappa shape index (κ1) is 16.7. The fraction of sp³-hybridized carbons (Fsp3) is 0.0952. The van der Waals surface area contributed by atoms with Crippen molar-refractivity contribution in [2.75, 3.05) is 0 Å². The van der Waals surface area contributed by atoms with Crippen LogP contribution in [0.5, 0.6) is 5.88 Å². The largest absolute Gasteiger partial charge is 0.471 e. The van der Waals surface area contributed by atoms with E-state index in [0.29, 0.717) is 12.5 Å². The molecule has 5 rings (SSSR count).